The van der Waals surface area contributed by atoms with Crippen LogP contribution in [0.5, 0.6) is 0 Å². The molecule has 1 heterocycles. The second-order valence-electron chi connectivity index (χ2n) is 2.10. The average Bonchev–Trinajstić information content (AvgIpc) is 2.37. The van der Waals surface area contributed by atoms with E-state index in [1.54, 1.807) is 0 Å². The summed E-state index contributed by atoms with van der Waals surface area (Å²) in [5.41, 5.74) is 5.32. The molecule has 1 aromatic heterocycles. The molecule has 0 unspecified atom stereocenters. The van der Waals surface area contributed by atoms with Crippen molar-refractivity contribution < 1.29 is 4.74 Å². The van der Waals surface area contributed by atoms with E-state index in [0.29, 0.717) is 12.6 Å². The van der Waals surface area contributed by atoms with E-state index in [0.717, 1.165) is 18.0 Å². The second kappa shape index (κ2) is 4.25. The van der Waals surface area contributed by atoms with Crippen molar-refractivity contribution >= 4 is 17.5 Å². The number of rotatable bonds is 4. The molecule has 0 bridgehead atoms. The lowest BCUT2D eigenvalue weighted by Crippen LogP contribution is -1.93. The van der Waals surface area contributed by atoms with Gasteiger partial charge in [0.2, 0.25) is 5.95 Å². The molecule has 5 heteroatoms. The van der Waals surface area contributed by atoms with Gasteiger partial charge in [-0.25, -0.2) is 4.98 Å². The van der Waals surface area contributed by atoms with Gasteiger partial charge in [0.05, 0.1) is 0 Å². The maximum atomic E-state index is 5.32. The molecule has 62 valence electrons. The normalized spacial score (nSPS) is 10.3. The van der Waals surface area contributed by atoms with Crippen LogP contribution in [0.4, 0.5) is 5.95 Å². The SMILES string of the molecule is CCCOCc1nc(N)ns1. The Balaban J connectivity index is 2.27. The summed E-state index contributed by atoms with van der Waals surface area (Å²) in [5.74, 6) is 0.338. The van der Waals surface area contributed by atoms with E-state index < -0.39 is 0 Å². The van der Waals surface area contributed by atoms with Gasteiger partial charge in [-0.05, 0) is 18.0 Å². The molecule has 0 atom stereocenters. The Bertz CT molecular complexity index is 213. The van der Waals surface area contributed by atoms with Gasteiger partial charge in [-0.3, -0.25) is 0 Å². The van der Waals surface area contributed by atoms with Crippen LogP contribution in [0.25, 0.3) is 0 Å². The molecule has 4 nitrogen and oxygen atoms in total. The highest BCUT2D eigenvalue weighted by Crippen LogP contribution is 2.06. The van der Waals surface area contributed by atoms with Gasteiger partial charge in [-0.1, -0.05) is 6.92 Å². The quantitative estimate of drug-likeness (QED) is 0.691. The number of aromatic nitrogens is 2. The molecule has 0 saturated heterocycles. The molecule has 11 heavy (non-hydrogen) atoms. The summed E-state index contributed by atoms with van der Waals surface area (Å²) in [6.45, 7) is 3.36. The number of hydrogen-bond donors (Lipinski definition) is 1. The molecule has 1 aromatic rings. The van der Waals surface area contributed by atoms with Gasteiger partial charge in [0.15, 0.2) is 0 Å². The molecule has 0 saturated carbocycles. The van der Waals surface area contributed by atoms with Gasteiger partial charge >= 0.3 is 0 Å². The molecule has 0 radical (unpaired) electrons. The highest BCUT2D eigenvalue weighted by atomic mass is 32.1. The first-order valence-electron chi connectivity index (χ1n) is 3.48. The molecule has 0 aromatic carbocycles. The fourth-order valence-corrected chi connectivity index (χ4v) is 1.14. The predicted molar refractivity (Wildman–Crippen MR) is 44.3 cm³/mol. The summed E-state index contributed by atoms with van der Waals surface area (Å²) < 4.78 is 9.06. The van der Waals surface area contributed by atoms with Crippen molar-refractivity contribution in [1.82, 2.24) is 9.36 Å². The third kappa shape index (κ3) is 2.81. The summed E-state index contributed by atoms with van der Waals surface area (Å²) >= 11 is 1.29. The van der Waals surface area contributed by atoms with E-state index in [9.17, 15) is 0 Å². The van der Waals surface area contributed by atoms with Gasteiger partial charge in [0.1, 0.15) is 11.6 Å². The molecule has 2 N–H and O–H groups in total. The van der Waals surface area contributed by atoms with Crippen molar-refractivity contribution in [2.45, 2.75) is 20.0 Å². The topological polar surface area (TPSA) is 61.0 Å². The van der Waals surface area contributed by atoms with Crippen molar-refractivity contribution in [2.24, 2.45) is 0 Å². The molecule has 0 fully saturated rings. The lowest BCUT2D eigenvalue weighted by molar-refractivity contribution is 0.121. The second-order valence-corrected chi connectivity index (χ2v) is 2.94. The van der Waals surface area contributed by atoms with Crippen molar-refractivity contribution in [3.63, 3.8) is 0 Å². The van der Waals surface area contributed by atoms with Crippen LogP contribution in [0.3, 0.4) is 0 Å². The Morgan fingerprint density at radius 2 is 2.45 bits per heavy atom. The first kappa shape index (κ1) is 8.42. The molecular weight excluding hydrogens is 162 g/mol. The standard InChI is InChI=1S/C6H11N3OS/c1-2-3-10-4-5-8-6(7)9-11-5/h2-4H2,1H3,(H2,7,9). The van der Waals surface area contributed by atoms with E-state index in [-0.39, 0.29) is 0 Å². The van der Waals surface area contributed by atoms with Gasteiger partial charge in [-0.15, -0.1) is 0 Å². The van der Waals surface area contributed by atoms with Crippen LogP contribution in [0, 0.1) is 0 Å². The number of anilines is 1. The summed E-state index contributed by atoms with van der Waals surface area (Å²) in [6.07, 6.45) is 1.02. The highest BCUT2D eigenvalue weighted by Gasteiger charge is 1.98. The number of ether oxygens (including phenoxy) is 1. The van der Waals surface area contributed by atoms with Crippen molar-refractivity contribution in [3.05, 3.63) is 5.01 Å². The van der Waals surface area contributed by atoms with Crippen LogP contribution >= 0.6 is 11.5 Å². The molecular formula is C6H11N3OS. The Labute approximate surface area is 69.6 Å². The Morgan fingerprint density at radius 3 is 3.00 bits per heavy atom. The Hall–Kier alpha value is -0.680. The molecule has 1 rings (SSSR count). The molecule has 0 aliphatic heterocycles. The highest BCUT2D eigenvalue weighted by molar-refractivity contribution is 7.05. The monoisotopic (exact) mass is 173 g/mol. The first-order chi connectivity index (χ1) is 5.33. The molecule has 0 spiro atoms. The number of nitrogens with zero attached hydrogens (tertiary/aromatic N) is 2. The van der Waals surface area contributed by atoms with Gasteiger partial charge in [-0.2, -0.15) is 4.37 Å². The Morgan fingerprint density at radius 1 is 1.64 bits per heavy atom. The third-order valence-corrected chi connectivity index (χ3v) is 1.76. The van der Waals surface area contributed by atoms with E-state index >= 15 is 0 Å². The minimum absolute atomic E-state index is 0.338. The minimum Gasteiger partial charge on any atom is -0.374 e. The zero-order valence-corrected chi connectivity index (χ0v) is 7.23. The molecule has 0 aliphatic carbocycles. The van der Waals surface area contributed by atoms with Crippen LogP contribution in [0.1, 0.15) is 18.4 Å². The summed E-state index contributed by atoms with van der Waals surface area (Å²) in [7, 11) is 0. The molecule has 0 amide bonds. The zero-order valence-electron chi connectivity index (χ0n) is 6.41. The van der Waals surface area contributed by atoms with E-state index in [2.05, 4.69) is 16.3 Å². The van der Waals surface area contributed by atoms with Crippen molar-refractivity contribution in [2.75, 3.05) is 12.3 Å². The van der Waals surface area contributed by atoms with Gasteiger partial charge in [0.25, 0.3) is 0 Å². The van der Waals surface area contributed by atoms with Gasteiger partial charge < -0.3 is 10.5 Å². The van der Waals surface area contributed by atoms with Gasteiger partial charge in [0, 0.05) is 6.61 Å². The largest absolute Gasteiger partial charge is 0.374 e. The van der Waals surface area contributed by atoms with Crippen LogP contribution in [-0.2, 0) is 11.3 Å². The van der Waals surface area contributed by atoms with E-state index in [1.165, 1.54) is 11.5 Å². The van der Waals surface area contributed by atoms with Crippen LogP contribution in [0.2, 0.25) is 0 Å². The van der Waals surface area contributed by atoms with Crippen LogP contribution in [-0.4, -0.2) is 16.0 Å². The van der Waals surface area contributed by atoms with Crippen LogP contribution < -0.4 is 5.73 Å². The molecule has 0 aliphatic rings. The lowest BCUT2D eigenvalue weighted by atomic mass is 10.5. The average molecular weight is 173 g/mol. The minimum atomic E-state index is 0.338. The summed E-state index contributed by atoms with van der Waals surface area (Å²) in [5, 5.41) is 0.843. The van der Waals surface area contributed by atoms with Crippen molar-refractivity contribution in [1.29, 1.82) is 0 Å². The third-order valence-electron chi connectivity index (χ3n) is 1.06. The first-order valence-corrected chi connectivity index (χ1v) is 4.26. The lowest BCUT2D eigenvalue weighted by Gasteiger charge is -1.95. The smallest absolute Gasteiger partial charge is 0.232 e. The fraction of sp³-hybridized carbons (Fsp3) is 0.667. The maximum absolute atomic E-state index is 5.32. The number of nitrogens with two attached hydrogens (primary N) is 1. The summed E-state index contributed by atoms with van der Waals surface area (Å²) in [6, 6.07) is 0. The van der Waals surface area contributed by atoms with Crippen LogP contribution in [0.15, 0.2) is 0 Å². The summed E-state index contributed by atoms with van der Waals surface area (Å²) in [4.78, 5) is 3.94. The predicted octanol–water partition coefficient (Wildman–Crippen LogP) is 1.05. The van der Waals surface area contributed by atoms with E-state index in [1.807, 2.05) is 0 Å². The van der Waals surface area contributed by atoms with E-state index in [4.69, 9.17) is 10.5 Å². The number of hydrogen-bond acceptors (Lipinski definition) is 5. The Kier molecular flexibility index (Phi) is 3.25. The van der Waals surface area contributed by atoms with Crippen molar-refractivity contribution in [3.8, 4) is 0 Å². The number of nitrogen functional groups attached to an aromatic ring is 1. The zero-order chi connectivity index (χ0) is 8.10. The maximum Gasteiger partial charge on any atom is 0.232 e. The fourth-order valence-electron chi connectivity index (χ4n) is 0.630.